The number of halogens is 3. The first kappa shape index (κ1) is 12.8. The van der Waals surface area contributed by atoms with E-state index in [-0.39, 0.29) is 18.0 Å². The van der Waals surface area contributed by atoms with Gasteiger partial charge in [0.1, 0.15) is 0 Å². The van der Waals surface area contributed by atoms with E-state index in [9.17, 15) is 8.78 Å². The van der Waals surface area contributed by atoms with Crippen LogP contribution in [0.3, 0.4) is 0 Å². The number of benzene rings is 1. The third-order valence-electron chi connectivity index (χ3n) is 1.67. The molecule has 5 heteroatoms. The average Bonchev–Trinajstić information content (AvgIpc) is 2.16. The van der Waals surface area contributed by atoms with E-state index in [2.05, 4.69) is 0 Å². The summed E-state index contributed by atoms with van der Waals surface area (Å²) < 4.78 is 24.3. The first-order valence-corrected chi connectivity index (χ1v) is 3.69. The minimum atomic E-state index is -2.60. The van der Waals surface area contributed by atoms with Crippen molar-refractivity contribution in [3.05, 3.63) is 35.4 Å². The molecule has 1 rings (SSSR count). The first-order chi connectivity index (χ1) is 6.15. The van der Waals surface area contributed by atoms with Crippen LogP contribution in [0, 0.1) is 11.3 Å². The molecule has 76 valence electrons. The van der Waals surface area contributed by atoms with Gasteiger partial charge in [-0.25, -0.2) is 8.78 Å². The quantitative estimate of drug-likeness (QED) is 0.828. The molecule has 0 aliphatic rings. The number of nitriles is 1. The summed E-state index contributed by atoms with van der Waals surface area (Å²) in [4.78, 5) is 0. The molecule has 0 aromatic heterocycles. The Labute approximate surface area is 86.7 Å². The fourth-order valence-corrected chi connectivity index (χ4v) is 0.961. The molecule has 0 bridgehead atoms. The maximum Gasteiger partial charge on any atom is 0.257 e. The van der Waals surface area contributed by atoms with Gasteiger partial charge >= 0.3 is 0 Å². The van der Waals surface area contributed by atoms with Gasteiger partial charge in [0, 0.05) is 0 Å². The van der Waals surface area contributed by atoms with Crippen molar-refractivity contribution in [2.24, 2.45) is 5.73 Å². The summed E-state index contributed by atoms with van der Waals surface area (Å²) in [5.41, 5.74) is 5.83. The molecule has 1 aromatic carbocycles. The summed E-state index contributed by atoms with van der Waals surface area (Å²) in [6, 6.07) is 6.49. The lowest BCUT2D eigenvalue weighted by Gasteiger charge is -2.10. The number of hydrogen-bond donors (Lipinski definition) is 1. The molecule has 1 aromatic rings. The van der Waals surface area contributed by atoms with Crippen molar-refractivity contribution < 1.29 is 8.78 Å². The molecule has 2 N–H and O–H groups in total. The Morgan fingerprint density at radius 2 is 2.00 bits per heavy atom. The van der Waals surface area contributed by atoms with E-state index in [1.165, 1.54) is 18.2 Å². The number of nitrogens with two attached hydrogens (primary N) is 1. The maximum atomic E-state index is 12.1. The highest BCUT2D eigenvalue weighted by Gasteiger charge is 2.17. The molecule has 0 saturated heterocycles. The summed E-state index contributed by atoms with van der Waals surface area (Å²) in [6.45, 7) is 0. The van der Waals surface area contributed by atoms with Gasteiger partial charge in [-0.2, -0.15) is 5.26 Å². The molecule has 0 heterocycles. The van der Waals surface area contributed by atoms with Gasteiger partial charge < -0.3 is 5.73 Å². The van der Waals surface area contributed by atoms with Crippen molar-refractivity contribution in [2.75, 3.05) is 0 Å². The van der Waals surface area contributed by atoms with Crippen LogP contribution in [0.25, 0.3) is 0 Å². The van der Waals surface area contributed by atoms with Gasteiger partial charge in [0.15, 0.2) is 0 Å². The van der Waals surface area contributed by atoms with Crippen LogP contribution in [-0.2, 0) is 0 Å². The monoisotopic (exact) mass is 218 g/mol. The van der Waals surface area contributed by atoms with E-state index in [1.54, 1.807) is 6.07 Å². The van der Waals surface area contributed by atoms with Crippen LogP contribution < -0.4 is 5.73 Å². The van der Waals surface area contributed by atoms with Gasteiger partial charge in [-0.05, 0) is 17.7 Å². The minimum absolute atomic E-state index is 0. The number of hydrogen-bond acceptors (Lipinski definition) is 2. The molecule has 0 fully saturated rings. The Balaban J connectivity index is 0.00000169. The molecule has 14 heavy (non-hydrogen) atoms. The lowest BCUT2D eigenvalue weighted by atomic mass is 10.1. The predicted octanol–water partition coefficient (Wildman–Crippen LogP) is 2.24. The normalized spacial score (nSPS) is 11.6. The van der Waals surface area contributed by atoms with Gasteiger partial charge in [0.25, 0.3) is 6.43 Å². The van der Waals surface area contributed by atoms with Crippen molar-refractivity contribution in [2.45, 2.75) is 12.5 Å². The number of nitrogens with zero attached hydrogens (tertiary/aromatic N) is 1. The van der Waals surface area contributed by atoms with E-state index in [4.69, 9.17) is 11.0 Å². The van der Waals surface area contributed by atoms with Crippen molar-refractivity contribution >= 4 is 12.4 Å². The fraction of sp³-hybridized carbons (Fsp3) is 0.222. The van der Waals surface area contributed by atoms with Crippen molar-refractivity contribution in [1.29, 1.82) is 5.26 Å². The molecule has 0 spiro atoms. The minimum Gasteiger partial charge on any atom is -0.319 e. The van der Waals surface area contributed by atoms with E-state index in [1.807, 2.05) is 6.07 Å². The standard InChI is InChI=1S/C9H8F2N2.ClH/c10-9(11)8(13)7-3-1-2-6(4-7)5-12;/h1-4,8-9H,13H2;1H/t8-;/m1./s1. The molecule has 0 aliphatic heterocycles. The lowest BCUT2D eigenvalue weighted by Crippen LogP contribution is -2.18. The molecular weight excluding hydrogens is 210 g/mol. The number of rotatable bonds is 2. The lowest BCUT2D eigenvalue weighted by molar-refractivity contribution is 0.116. The van der Waals surface area contributed by atoms with Crippen molar-refractivity contribution in [1.82, 2.24) is 0 Å². The zero-order valence-electron chi connectivity index (χ0n) is 7.15. The SMILES string of the molecule is Cl.N#Cc1cccc([C@@H](N)C(F)F)c1. The Morgan fingerprint density at radius 3 is 2.50 bits per heavy atom. The van der Waals surface area contributed by atoms with Crippen LogP contribution in [0.1, 0.15) is 17.2 Å². The van der Waals surface area contributed by atoms with Gasteiger partial charge in [0.2, 0.25) is 0 Å². The average molecular weight is 219 g/mol. The molecule has 0 radical (unpaired) electrons. The molecular formula is C9H9ClF2N2. The summed E-state index contributed by atoms with van der Waals surface area (Å²) in [5, 5.41) is 8.50. The smallest absolute Gasteiger partial charge is 0.257 e. The zero-order valence-corrected chi connectivity index (χ0v) is 7.97. The topological polar surface area (TPSA) is 49.8 Å². The Kier molecular flexibility index (Phi) is 5.06. The van der Waals surface area contributed by atoms with Crippen LogP contribution in [-0.4, -0.2) is 6.43 Å². The van der Waals surface area contributed by atoms with Crippen LogP contribution in [0.5, 0.6) is 0 Å². The second-order valence-corrected chi connectivity index (χ2v) is 2.60. The molecule has 0 saturated carbocycles. The third kappa shape index (κ3) is 2.95. The maximum absolute atomic E-state index is 12.1. The summed E-state index contributed by atoms with van der Waals surface area (Å²) in [5.74, 6) is 0. The summed E-state index contributed by atoms with van der Waals surface area (Å²) in [7, 11) is 0. The van der Waals surface area contributed by atoms with Crippen molar-refractivity contribution in [3.63, 3.8) is 0 Å². The second kappa shape index (κ2) is 5.53. The Bertz CT molecular complexity index is 336. The Hall–Kier alpha value is -1.18. The third-order valence-corrected chi connectivity index (χ3v) is 1.67. The highest BCUT2D eigenvalue weighted by atomic mass is 35.5. The zero-order chi connectivity index (χ0) is 9.84. The highest BCUT2D eigenvalue weighted by Crippen LogP contribution is 2.18. The fourth-order valence-electron chi connectivity index (χ4n) is 0.961. The number of alkyl halides is 2. The van der Waals surface area contributed by atoms with Crippen molar-refractivity contribution in [3.8, 4) is 6.07 Å². The predicted molar refractivity (Wildman–Crippen MR) is 51.3 cm³/mol. The molecule has 0 amide bonds. The van der Waals surface area contributed by atoms with E-state index in [0.717, 1.165) is 0 Å². The molecule has 2 nitrogen and oxygen atoms in total. The van der Waals surface area contributed by atoms with Crippen LogP contribution in [0.4, 0.5) is 8.78 Å². The Morgan fingerprint density at radius 1 is 1.36 bits per heavy atom. The van der Waals surface area contributed by atoms with E-state index < -0.39 is 12.5 Å². The van der Waals surface area contributed by atoms with Gasteiger partial charge in [-0.1, -0.05) is 12.1 Å². The van der Waals surface area contributed by atoms with E-state index in [0.29, 0.717) is 5.56 Å². The van der Waals surface area contributed by atoms with Crippen LogP contribution in [0.15, 0.2) is 24.3 Å². The van der Waals surface area contributed by atoms with Gasteiger partial charge in [0.05, 0.1) is 17.7 Å². The molecule has 0 unspecified atom stereocenters. The summed E-state index contributed by atoms with van der Waals surface area (Å²) >= 11 is 0. The van der Waals surface area contributed by atoms with Crippen LogP contribution in [0.2, 0.25) is 0 Å². The van der Waals surface area contributed by atoms with Gasteiger partial charge in [-0.3, -0.25) is 0 Å². The molecule has 1 atom stereocenters. The summed E-state index contributed by atoms with van der Waals surface area (Å²) in [6.07, 6.45) is -2.60. The first-order valence-electron chi connectivity index (χ1n) is 3.69. The van der Waals surface area contributed by atoms with E-state index >= 15 is 0 Å². The molecule has 0 aliphatic carbocycles. The second-order valence-electron chi connectivity index (χ2n) is 2.60. The highest BCUT2D eigenvalue weighted by molar-refractivity contribution is 5.85. The van der Waals surface area contributed by atoms with Crippen LogP contribution >= 0.6 is 12.4 Å². The largest absolute Gasteiger partial charge is 0.319 e. The van der Waals surface area contributed by atoms with Gasteiger partial charge in [-0.15, -0.1) is 12.4 Å².